The summed E-state index contributed by atoms with van der Waals surface area (Å²) >= 11 is 0. The smallest absolute Gasteiger partial charge is 0.324 e. The van der Waals surface area contributed by atoms with E-state index in [1.807, 2.05) is 30.3 Å². The van der Waals surface area contributed by atoms with E-state index in [1.54, 1.807) is 0 Å². The Morgan fingerprint density at radius 1 is 1.33 bits per heavy atom. The highest BCUT2D eigenvalue weighted by Crippen LogP contribution is 2.21. The predicted octanol–water partition coefficient (Wildman–Crippen LogP) is 1.05. The number of piperidine rings is 1. The van der Waals surface area contributed by atoms with E-state index in [0.717, 1.165) is 18.4 Å². The normalized spacial score (nSPS) is 20.1. The molecule has 0 amide bonds. The standard InChI is InChI=1S/C14H20N2O4S/c1-20-14(17)13-9-5-6-10-16(13)21(18,19)15-11-12-7-3-2-4-8-12/h2-4,7-8,13,15H,5-6,9-11H2,1H3. The lowest BCUT2D eigenvalue weighted by Crippen LogP contribution is -2.52. The van der Waals surface area contributed by atoms with Gasteiger partial charge in [-0.25, -0.2) is 0 Å². The van der Waals surface area contributed by atoms with Gasteiger partial charge in [-0.1, -0.05) is 30.3 Å². The molecule has 1 aromatic rings. The Morgan fingerprint density at radius 2 is 2.05 bits per heavy atom. The molecule has 116 valence electrons. The number of carbonyl (C=O) groups is 1. The van der Waals surface area contributed by atoms with Gasteiger partial charge in [0.2, 0.25) is 0 Å². The van der Waals surface area contributed by atoms with Gasteiger partial charge in [-0.15, -0.1) is 0 Å². The number of rotatable bonds is 5. The SMILES string of the molecule is COC(=O)C1CCCCN1S(=O)(=O)NCc1ccccc1. The van der Waals surface area contributed by atoms with Crippen molar-refractivity contribution < 1.29 is 17.9 Å². The van der Waals surface area contributed by atoms with Gasteiger partial charge in [0, 0.05) is 13.1 Å². The van der Waals surface area contributed by atoms with Crippen molar-refractivity contribution in [3.63, 3.8) is 0 Å². The van der Waals surface area contributed by atoms with E-state index in [-0.39, 0.29) is 6.54 Å². The van der Waals surface area contributed by atoms with Crippen LogP contribution in [-0.2, 0) is 26.3 Å². The molecule has 1 unspecified atom stereocenters. The van der Waals surface area contributed by atoms with Gasteiger partial charge in [-0.2, -0.15) is 17.4 Å². The van der Waals surface area contributed by atoms with E-state index in [2.05, 4.69) is 4.72 Å². The second kappa shape index (κ2) is 7.02. The second-order valence-corrected chi connectivity index (χ2v) is 6.67. The Hall–Kier alpha value is -1.44. The molecule has 1 saturated heterocycles. The Morgan fingerprint density at radius 3 is 2.71 bits per heavy atom. The van der Waals surface area contributed by atoms with Crippen LogP contribution in [0.25, 0.3) is 0 Å². The van der Waals surface area contributed by atoms with Crippen molar-refractivity contribution in [2.24, 2.45) is 0 Å². The van der Waals surface area contributed by atoms with Gasteiger partial charge >= 0.3 is 5.97 Å². The summed E-state index contributed by atoms with van der Waals surface area (Å²) in [7, 11) is -2.43. The lowest BCUT2D eigenvalue weighted by molar-refractivity contribution is -0.146. The maximum Gasteiger partial charge on any atom is 0.324 e. The molecule has 1 heterocycles. The fourth-order valence-electron chi connectivity index (χ4n) is 2.42. The van der Waals surface area contributed by atoms with Gasteiger partial charge in [0.1, 0.15) is 6.04 Å². The molecule has 2 rings (SSSR count). The third-order valence-corrected chi connectivity index (χ3v) is 5.10. The lowest BCUT2D eigenvalue weighted by Gasteiger charge is -2.32. The quantitative estimate of drug-likeness (QED) is 0.825. The molecule has 1 aliphatic heterocycles. The van der Waals surface area contributed by atoms with Gasteiger partial charge in [0.25, 0.3) is 10.2 Å². The fraction of sp³-hybridized carbons (Fsp3) is 0.500. The molecular formula is C14H20N2O4S. The van der Waals surface area contributed by atoms with Crippen molar-refractivity contribution >= 4 is 16.2 Å². The van der Waals surface area contributed by atoms with E-state index in [9.17, 15) is 13.2 Å². The molecule has 0 saturated carbocycles. The number of nitrogens with zero attached hydrogens (tertiary/aromatic N) is 1. The first-order valence-corrected chi connectivity index (χ1v) is 8.37. The van der Waals surface area contributed by atoms with Crippen LogP contribution >= 0.6 is 0 Å². The van der Waals surface area contributed by atoms with Crippen molar-refractivity contribution in [2.75, 3.05) is 13.7 Å². The van der Waals surface area contributed by atoms with Crippen molar-refractivity contribution in [3.8, 4) is 0 Å². The monoisotopic (exact) mass is 312 g/mol. The minimum atomic E-state index is -3.70. The van der Waals surface area contributed by atoms with E-state index in [1.165, 1.54) is 11.4 Å². The number of benzene rings is 1. The predicted molar refractivity (Wildman–Crippen MR) is 78.6 cm³/mol. The van der Waals surface area contributed by atoms with Gasteiger partial charge in [0.15, 0.2) is 0 Å². The van der Waals surface area contributed by atoms with Crippen LogP contribution in [0.2, 0.25) is 0 Å². The zero-order chi connectivity index (χ0) is 15.3. The maximum absolute atomic E-state index is 12.4. The summed E-state index contributed by atoms with van der Waals surface area (Å²) in [5.41, 5.74) is 0.868. The first-order valence-electron chi connectivity index (χ1n) is 6.93. The van der Waals surface area contributed by atoms with E-state index >= 15 is 0 Å². The van der Waals surface area contributed by atoms with Crippen molar-refractivity contribution in [3.05, 3.63) is 35.9 Å². The number of methoxy groups -OCH3 is 1. The van der Waals surface area contributed by atoms with Crippen LogP contribution in [0.5, 0.6) is 0 Å². The zero-order valence-corrected chi connectivity index (χ0v) is 12.8. The second-order valence-electron chi connectivity index (χ2n) is 4.96. The molecule has 6 nitrogen and oxygen atoms in total. The highest BCUT2D eigenvalue weighted by molar-refractivity contribution is 7.87. The number of esters is 1. The Labute approximate surface area is 125 Å². The molecule has 7 heteroatoms. The summed E-state index contributed by atoms with van der Waals surface area (Å²) < 4.78 is 33.3. The fourth-order valence-corrected chi connectivity index (χ4v) is 3.83. The Kier molecular flexibility index (Phi) is 5.33. The largest absolute Gasteiger partial charge is 0.468 e. The number of hydrogen-bond donors (Lipinski definition) is 1. The summed E-state index contributed by atoms with van der Waals surface area (Å²) in [6, 6.07) is 8.53. The zero-order valence-electron chi connectivity index (χ0n) is 12.0. The molecule has 1 atom stereocenters. The first-order chi connectivity index (χ1) is 10.0. The van der Waals surface area contributed by atoms with Crippen molar-refractivity contribution in [1.82, 2.24) is 9.03 Å². The molecule has 21 heavy (non-hydrogen) atoms. The average Bonchev–Trinajstić information content (AvgIpc) is 2.53. The third-order valence-electron chi connectivity index (χ3n) is 3.54. The summed E-state index contributed by atoms with van der Waals surface area (Å²) in [6.45, 7) is 0.539. The van der Waals surface area contributed by atoms with Crippen molar-refractivity contribution in [1.29, 1.82) is 0 Å². The Bertz CT molecular complexity index is 574. The first kappa shape index (κ1) is 15.9. The minimum Gasteiger partial charge on any atom is -0.468 e. The van der Waals surface area contributed by atoms with E-state index in [0.29, 0.717) is 13.0 Å². The molecule has 0 radical (unpaired) electrons. The van der Waals surface area contributed by atoms with Gasteiger partial charge in [-0.05, 0) is 24.8 Å². The van der Waals surface area contributed by atoms with E-state index in [4.69, 9.17) is 4.74 Å². The molecule has 1 aliphatic rings. The third kappa shape index (κ3) is 4.03. The summed E-state index contributed by atoms with van der Waals surface area (Å²) in [4.78, 5) is 11.7. The molecule has 0 bridgehead atoms. The number of carbonyl (C=O) groups excluding carboxylic acids is 1. The number of nitrogens with one attached hydrogen (secondary N) is 1. The van der Waals surface area contributed by atoms with E-state index < -0.39 is 22.2 Å². The van der Waals surface area contributed by atoms with Crippen LogP contribution in [0, 0.1) is 0 Å². The van der Waals surface area contributed by atoms with Crippen LogP contribution < -0.4 is 4.72 Å². The Balaban J connectivity index is 2.07. The van der Waals surface area contributed by atoms with Crippen LogP contribution in [0.15, 0.2) is 30.3 Å². The average molecular weight is 312 g/mol. The molecule has 1 aromatic carbocycles. The topological polar surface area (TPSA) is 75.7 Å². The molecule has 1 fully saturated rings. The molecule has 0 aromatic heterocycles. The maximum atomic E-state index is 12.4. The van der Waals surface area contributed by atoms with Gasteiger partial charge < -0.3 is 4.74 Å². The van der Waals surface area contributed by atoms with Crippen molar-refractivity contribution in [2.45, 2.75) is 31.8 Å². The highest BCUT2D eigenvalue weighted by atomic mass is 32.2. The van der Waals surface area contributed by atoms with Gasteiger partial charge in [-0.3, -0.25) is 4.79 Å². The van der Waals surface area contributed by atoms with Crippen LogP contribution in [0.1, 0.15) is 24.8 Å². The lowest BCUT2D eigenvalue weighted by atomic mass is 10.1. The van der Waals surface area contributed by atoms with Crippen LogP contribution in [0.3, 0.4) is 0 Å². The number of ether oxygens (including phenoxy) is 1. The van der Waals surface area contributed by atoms with Crippen LogP contribution in [0.4, 0.5) is 0 Å². The van der Waals surface area contributed by atoms with Gasteiger partial charge in [0.05, 0.1) is 7.11 Å². The highest BCUT2D eigenvalue weighted by Gasteiger charge is 2.37. The molecule has 0 aliphatic carbocycles. The summed E-state index contributed by atoms with van der Waals surface area (Å²) in [5, 5.41) is 0. The summed E-state index contributed by atoms with van der Waals surface area (Å²) in [5.74, 6) is -0.500. The van der Waals surface area contributed by atoms with Crippen LogP contribution in [-0.4, -0.2) is 38.4 Å². The summed E-state index contributed by atoms with van der Waals surface area (Å²) in [6.07, 6.45) is 2.07. The molecular weight excluding hydrogens is 292 g/mol. The minimum absolute atomic E-state index is 0.202. The number of hydrogen-bond acceptors (Lipinski definition) is 4. The molecule has 1 N–H and O–H groups in total. The molecule has 0 spiro atoms.